The van der Waals surface area contributed by atoms with E-state index in [0.29, 0.717) is 31.6 Å². The van der Waals surface area contributed by atoms with Gasteiger partial charge in [0.2, 0.25) is 0 Å². The van der Waals surface area contributed by atoms with E-state index in [1.165, 1.54) is 17.3 Å². The Bertz CT molecular complexity index is 715. The summed E-state index contributed by atoms with van der Waals surface area (Å²) in [6.07, 6.45) is -1.46. The Morgan fingerprint density at radius 1 is 1.13 bits per heavy atom. The number of carboxylic acid groups (broad SMARTS) is 1. The van der Waals surface area contributed by atoms with Crippen molar-refractivity contribution in [2.45, 2.75) is 58.3 Å². The van der Waals surface area contributed by atoms with Gasteiger partial charge >= 0.3 is 6.09 Å². The van der Waals surface area contributed by atoms with Crippen LogP contribution in [-0.4, -0.2) is 69.0 Å². The van der Waals surface area contributed by atoms with Gasteiger partial charge in [-0.1, -0.05) is 12.1 Å². The third kappa shape index (κ3) is 7.97. The molecule has 0 aliphatic rings. The lowest BCUT2D eigenvalue weighted by molar-refractivity contribution is -0.133. The van der Waals surface area contributed by atoms with E-state index in [4.69, 9.17) is 5.21 Å². The predicted octanol–water partition coefficient (Wildman–Crippen LogP) is 0.929. The first-order chi connectivity index (χ1) is 14.0. The molecule has 0 saturated carbocycles. The quantitative estimate of drug-likeness (QED) is 0.186. The number of nitrogens with zero attached hydrogens (tertiary/aromatic N) is 1. The van der Waals surface area contributed by atoms with Crippen LogP contribution in [0.4, 0.5) is 4.79 Å². The van der Waals surface area contributed by atoms with Crippen LogP contribution in [0.1, 0.15) is 50.0 Å². The summed E-state index contributed by atoms with van der Waals surface area (Å²) < 4.78 is 0. The first-order valence-electron chi connectivity index (χ1n) is 9.70. The second-order valence-corrected chi connectivity index (χ2v) is 8.00. The number of carbonyl (C=O) groups is 3. The monoisotopic (exact) mass is 424 g/mol. The van der Waals surface area contributed by atoms with Gasteiger partial charge in [-0.25, -0.2) is 10.3 Å². The van der Waals surface area contributed by atoms with E-state index in [-0.39, 0.29) is 0 Å². The third-order valence-corrected chi connectivity index (χ3v) is 4.48. The minimum atomic E-state index is -1.28. The maximum atomic E-state index is 12.2. The van der Waals surface area contributed by atoms with Gasteiger partial charge in [0, 0.05) is 24.2 Å². The van der Waals surface area contributed by atoms with Crippen LogP contribution in [0.25, 0.3) is 0 Å². The maximum absolute atomic E-state index is 12.2. The van der Waals surface area contributed by atoms with Gasteiger partial charge in [-0.2, -0.15) is 0 Å². The molecule has 1 rings (SSSR count). The summed E-state index contributed by atoms with van der Waals surface area (Å²) in [6, 6.07) is 5.42. The lowest BCUT2D eigenvalue weighted by Gasteiger charge is -2.33. The van der Waals surface area contributed by atoms with Crippen LogP contribution < -0.4 is 16.1 Å². The fraction of sp³-hybridized carbons (Fsp3) is 0.550. The van der Waals surface area contributed by atoms with Crippen LogP contribution in [0.15, 0.2) is 24.3 Å². The van der Waals surface area contributed by atoms with Crippen molar-refractivity contribution < 1.29 is 29.8 Å². The molecule has 0 saturated heterocycles. The summed E-state index contributed by atoms with van der Waals surface area (Å²) in [5.74, 6) is -1.47. The maximum Gasteiger partial charge on any atom is 0.407 e. The normalized spacial score (nSPS) is 13.3. The van der Waals surface area contributed by atoms with E-state index in [2.05, 4.69) is 10.6 Å². The van der Waals surface area contributed by atoms with E-state index < -0.39 is 35.6 Å². The molecule has 2 atom stereocenters. The summed E-state index contributed by atoms with van der Waals surface area (Å²) in [5.41, 5.74) is 2.19. The van der Waals surface area contributed by atoms with Crippen molar-refractivity contribution in [2.75, 3.05) is 13.1 Å². The summed E-state index contributed by atoms with van der Waals surface area (Å²) in [4.78, 5) is 36.4. The molecule has 10 heteroatoms. The lowest BCUT2D eigenvalue weighted by atomic mass is 10.1. The smallest absolute Gasteiger partial charge is 0.407 e. The van der Waals surface area contributed by atoms with E-state index in [1.807, 2.05) is 20.8 Å². The Morgan fingerprint density at radius 3 is 2.20 bits per heavy atom. The zero-order valence-corrected chi connectivity index (χ0v) is 17.8. The van der Waals surface area contributed by atoms with Gasteiger partial charge in [0.15, 0.2) is 0 Å². The van der Waals surface area contributed by atoms with Crippen molar-refractivity contribution in [1.29, 1.82) is 0 Å². The largest absolute Gasteiger partial charge is 0.465 e. The van der Waals surface area contributed by atoms with Crippen LogP contribution in [0.2, 0.25) is 0 Å². The van der Waals surface area contributed by atoms with Gasteiger partial charge in [-0.3, -0.25) is 14.8 Å². The fourth-order valence-electron chi connectivity index (χ4n) is 2.79. The molecule has 30 heavy (non-hydrogen) atoms. The molecular formula is C20H32N4O6. The molecule has 3 amide bonds. The molecule has 0 aliphatic carbocycles. The Labute approximate surface area is 176 Å². The van der Waals surface area contributed by atoms with E-state index >= 15 is 0 Å². The second-order valence-electron chi connectivity index (χ2n) is 8.00. The number of hydroxylamine groups is 1. The van der Waals surface area contributed by atoms with E-state index in [0.717, 1.165) is 5.56 Å². The molecule has 0 unspecified atom stereocenters. The van der Waals surface area contributed by atoms with Gasteiger partial charge in [-0.05, 0) is 58.4 Å². The van der Waals surface area contributed by atoms with Crippen molar-refractivity contribution in [1.82, 2.24) is 21.0 Å². The van der Waals surface area contributed by atoms with Crippen LogP contribution in [-0.2, 0) is 11.3 Å². The number of aliphatic hydroxyl groups is 1. The van der Waals surface area contributed by atoms with Crippen LogP contribution in [0, 0.1) is 0 Å². The number of rotatable bonds is 10. The molecule has 0 aromatic heterocycles. The lowest BCUT2D eigenvalue weighted by Crippen LogP contribution is -2.51. The Kier molecular flexibility index (Phi) is 9.70. The molecule has 0 spiro atoms. The van der Waals surface area contributed by atoms with Crippen LogP contribution in [0.3, 0.4) is 0 Å². The second kappa shape index (κ2) is 11.5. The van der Waals surface area contributed by atoms with Crippen molar-refractivity contribution >= 4 is 17.9 Å². The highest BCUT2D eigenvalue weighted by Gasteiger charge is 2.26. The highest BCUT2D eigenvalue weighted by Crippen LogP contribution is 2.13. The molecule has 0 aliphatic heterocycles. The molecule has 1 aromatic rings. The highest BCUT2D eigenvalue weighted by atomic mass is 16.5. The standard InChI is InChI=1S/C20H32N4O6/c1-13(25)16(18(27)23-30)22-17(26)15-8-6-14(7-9-15)12-21-10-5-11-24(19(28)29)20(2,3)4/h6-9,13,16,21,25,30H,5,10-12H2,1-4H3,(H,22,26)(H,23,27)(H,28,29)/t13-,16+/m1/s1. The number of carbonyl (C=O) groups excluding carboxylic acids is 2. The van der Waals surface area contributed by atoms with Crippen molar-refractivity contribution in [2.24, 2.45) is 0 Å². The molecule has 6 N–H and O–H groups in total. The van der Waals surface area contributed by atoms with E-state index in [1.54, 1.807) is 24.3 Å². The Morgan fingerprint density at radius 2 is 1.73 bits per heavy atom. The number of hydrogen-bond acceptors (Lipinski definition) is 6. The first-order valence-corrected chi connectivity index (χ1v) is 9.70. The molecule has 1 aromatic carbocycles. The fourth-order valence-corrected chi connectivity index (χ4v) is 2.79. The molecule has 0 bridgehead atoms. The summed E-state index contributed by atoms with van der Waals surface area (Å²) in [7, 11) is 0. The van der Waals surface area contributed by atoms with Gasteiger partial charge in [0.05, 0.1) is 6.10 Å². The number of hydrogen-bond donors (Lipinski definition) is 6. The van der Waals surface area contributed by atoms with E-state index in [9.17, 15) is 24.6 Å². The molecule has 0 heterocycles. The summed E-state index contributed by atoms with van der Waals surface area (Å²) >= 11 is 0. The first kappa shape index (κ1) is 25.3. The number of amides is 3. The number of aliphatic hydroxyl groups excluding tert-OH is 1. The average molecular weight is 424 g/mol. The van der Waals surface area contributed by atoms with Crippen LogP contribution >= 0.6 is 0 Å². The summed E-state index contributed by atoms with van der Waals surface area (Å²) in [6.45, 7) is 8.49. The van der Waals surface area contributed by atoms with Crippen molar-refractivity contribution in [3.63, 3.8) is 0 Å². The van der Waals surface area contributed by atoms with Gasteiger partial charge in [-0.15, -0.1) is 0 Å². The van der Waals surface area contributed by atoms with Crippen LogP contribution in [0.5, 0.6) is 0 Å². The molecule has 0 radical (unpaired) electrons. The molecular weight excluding hydrogens is 392 g/mol. The minimum absolute atomic E-state index is 0.303. The highest BCUT2D eigenvalue weighted by molar-refractivity contribution is 5.97. The van der Waals surface area contributed by atoms with Crippen molar-refractivity contribution in [3.05, 3.63) is 35.4 Å². The SMILES string of the molecule is C[C@@H](O)[C@H](NC(=O)c1ccc(CNCCCN(C(=O)O)C(C)(C)C)cc1)C(=O)NO. The average Bonchev–Trinajstić information content (AvgIpc) is 2.66. The van der Waals surface area contributed by atoms with Gasteiger partial charge < -0.3 is 25.7 Å². The topological polar surface area (TPSA) is 151 Å². The van der Waals surface area contributed by atoms with Crippen molar-refractivity contribution in [3.8, 4) is 0 Å². The number of benzene rings is 1. The van der Waals surface area contributed by atoms with Gasteiger partial charge in [0.25, 0.3) is 11.8 Å². The minimum Gasteiger partial charge on any atom is -0.465 e. The Balaban J connectivity index is 2.50. The van der Waals surface area contributed by atoms with Gasteiger partial charge in [0.1, 0.15) is 6.04 Å². The molecule has 0 fully saturated rings. The summed E-state index contributed by atoms with van der Waals surface area (Å²) in [5, 5.41) is 33.1. The number of nitrogens with one attached hydrogen (secondary N) is 3. The Hall–Kier alpha value is -2.69. The zero-order valence-electron chi connectivity index (χ0n) is 17.8. The third-order valence-electron chi connectivity index (χ3n) is 4.48. The molecule has 10 nitrogen and oxygen atoms in total. The molecule has 168 valence electrons. The zero-order chi connectivity index (χ0) is 22.9. The predicted molar refractivity (Wildman–Crippen MR) is 110 cm³/mol.